The summed E-state index contributed by atoms with van der Waals surface area (Å²) in [5, 5.41) is 10.9. The van der Waals surface area contributed by atoms with Crippen LogP contribution in [-0.2, 0) is 9.47 Å². The Balaban J connectivity index is 1.73. The van der Waals surface area contributed by atoms with Gasteiger partial charge in [0.2, 0.25) is 0 Å². The summed E-state index contributed by atoms with van der Waals surface area (Å²) in [5.41, 5.74) is -0.520. The van der Waals surface area contributed by atoms with E-state index in [1.54, 1.807) is 0 Å². The minimum Gasteiger partial charge on any atom is -0.387 e. The van der Waals surface area contributed by atoms with Crippen LogP contribution >= 0.6 is 0 Å². The van der Waals surface area contributed by atoms with Gasteiger partial charge < -0.3 is 14.6 Å². The van der Waals surface area contributed by atoms with E-state index in [0.29, 0.717) is 12.5 Å². The van der Waals surface area contributed by atoms with Crippen molar-refractivity contribution in [2.24, 2.45) is 5.92 Å². The van der Waals surface area contributed by atoms with Gasteiger partial charge in [-0.25, -0.2) is 0 Å². The molecule has 104 valence electrons. The van der Waals surface area contributed by atoms with Crippen molar-refractivity contribution in [2.75, 3.05) is 13.2 Å². The van der Waals surface area contributed by atoms with Gasteiger partial charge in [-0.1, -0.05) is 19.3 Å². The summed E-state index contributed by atoms with van der Waals surface area (Å²) in [6, 6.07) is 0. The summed E-state index contributed by atoms with van der Waals surface area (Å²) in [7, 11) is 0. The molecular weight excluding hydrogens is 228 g/mol. The fraction of sp³-hybridized carbons (Fsp3) is 1.00. The van der Waals surface area contributed by atoms with E-state index in [-0.39, 0.29) is 11.7 Å². The smallest absolute Gasteiger partial charge is 0.0957 e. The number of hydrogen-bond donors (Lipinski definition) is 1. The average Bonchev–Trinajstić information content (AvgIpc) is 2.72. The van der Waals surface area contributed by atoms with Crippen LogP contribution in [0.15, 0.2) is 0 Å². The number of ether oxygens (including phenoxy) is 2. The third-order valence-electron chi connectivity index (χ3n) is 5.54. The van der Waals surface area contributed by atoms with E-state index >= 15 is 0 Å². The van der Waals surface area contributed by atoms with Gasteiger partial charge in [0.15, 0.2) is 0 Å². The van der Waals surface area contributed by atoms with Gasteiger partial charge in [0.05, 0.1) is 17.3 Å². The Morgan fingerprint density at radius 3 is 2.50 bits per heavy atom. The topological polar surface area (TPSA) is 38.7 Å². The third-order valence-corrected chi connectivity index (χ3v) is 5.54. The molecule has 1 spiro atoms. The van der Waals surface area contributed by atoms with Crippen LogP contribution in [0.2, 0.25) is 0 Å². The Hall–Kier alpha value is -0.120. The Bertz CT molecular complexity index is 293. The summed E-state index contributed by atoms with van der Waals surface area (Å²) in [6.07, 6.45) is 9.12. The molecule has 2 heterocycles. The van der Waals surface area contributed by atoms with Crippen LogP contribution < -0.4 is 0 Å². The SMILES string of the molecule is CC1OCCC1(O)C1CCOC2(CCCCC2)C1. The van der Waals surface area contributed by atoms with Gasteiger partial charge in [0.1, 0.15) is 0 Å². The fourth-order valence-electron chi connectivity index (χ4n) is 4.28. The van der Waals surface area contributed by atoms with E-state index in [2.05, 4.69) is 0 Å². The van der Waals surface area contributed by atoms with Gasteiger partial charge >= 0.3 is 0 Å². The van der Waals surface area contributed by atoms with E-state index in [4.69, 9.17) is 9.47 Å². The first-order valence-corrected chi connectivity index (χ1v) is 7.63. The van der Waals surface area contributed by atoms with Crippen LogP contribution in [0.5, 0.6) is 0 Å². The molecular formula is C15H26O3. The monoisotopic (exact) mass is 254 g/mol. The first-order chi connectivity index (χ1) is 8.65. The summed E-state index contributed by atoms with van der Waals surface area (Å²) < 4.78 is 11.7. The summed E-state index contributed by atoms with van der Waals surface area (Å²) >= 11 is 0. The van der Waals surface area contributed by atoms with E-state index < -0.39 is 5.60 Å². The molecule has 0 bridgehead atoms. The molecule has 18 heavy (non-hydrogen) atoms. The number of rotatable bonds is 1. The largest absolute Gasteiger partial charge is 0.387 e. The molecule has 3 fully saturated rings. The zero-order valence-electron chi connectivity index (χ0n) is 11.5. The maximum absolute atomic E-state index is 10.9. The van der Waals surface area contributed by atoms with E-state index in [1.807, 2.05) is 6.92 Å². The Morgan fingerprint density at radius 1 is 1.06 bits per heavy atom. The molecule has 1 aliphatic carbocycles. The van der Waals surface area contributed by atoms with Crippen molar-refractivity contribution in [3.63, 3.8) is 0 Å². The highest BCUT2D eigenvalue weighted by Crippen LogP contribution is 2.47. The zero-order valence-corrected chi connectivity index (χ0v) is 11.5. The van der Waals surface area contributed by atoms with Crippen molar-refractivity contribution in [3.8, 4) is 0 Å². The minimum absolute atomic E-state index is 0.0127. The van der Waals surface area contributed by atoms with E-state index in [0.717, 1.165) is 25.9 Å². The summed E-state index contributed by atoms with van der Waals surface area (Å²) in [4.78, 5) is 0. The van der Waals surface area contributed by atoms with Crippen molar-refractivity contribution >= 4 is 0 Å². The molecule has 3 nitrogen and oxygen atoms in total. The lowest BCUT2D eigenvalue weighted by atomic mass is 9.69. The van der Waals surface area contributed by atoms with Gasteiger partial charge in [-0.15, -0.1) is 0 Å². The second kappa shape index (κ2) is 4.77. The second-order valence-corrected chi connectivity index (χ2v) is 6.54. The van der Waals surface area contributed by atoms with Gasteiger partial charge in [-0.05, 0) is 38.5 Å². The molecule has 3 rings (SSSR count). The van der Waals surface area contributed by atoms with Crippen LogP contribution in [0.25, 0.3) is 0 Å². The molecule has 0 aromatic rings. The first kappa shape index (κ1) is 12.9. The molecule has 0 amide bonds. The molecule has 3 unspecified atom stereocenters. The quantitative estimate of drug-likeness (QED) is 0.782. The minimum atomic E-state index is -0.603. The van der Waals surface area contributed by atoms with Crippen molar-refractivity contribution in [1.82, 2.24) is 0 Å². The average molecular weight is 254 g/mol. The third kappa shape index (κ3) is 2.10. The highest BCUT2D eigenvalue weighted by Gasteiger charge is 2.51. The van der Waals surface area contributed by atoms with E-state index in [1.165, 1.54) is 32.1 Å². The highest BCUT2D eigenvalue weighted by molar-refractivity contribution is 5.01. The molecule has 0 aromatic heterocycles. The number of hydrogen-bond acceptors (Lipinski definition) is 3. The normalized spacial score (nSPS) is 44.3. The first-order valence-electron chi connectivity index (χ1n) is 7.63. The van der Waals surface area contributed by atoms with E-state index in [9.17, 15) is 5.11 Å². The summed E-state index contributed by atoms with van der Waals surface area (Å²) in [5.74, 6) is 0.363. The van der Waals surface area contributed by atoms with Crippen molar-refractivity contribution < 1.29 is 14.6 Å². The lowest BCUT2D eigenvalue weighted by molar-refractivity contribution is -0.166. The molecule has 2 aliphatic heterocycles. The van der Waals surface area contributed by atoms with Gasteiger partial charge in [-0.2, -0.15) is 0 Å². The molecule has 3 aliphatic rings. The summed E-state index contributed by atoms with van der Waals surface area (Å²) in [6.45, 7) is 3.55. The standard InChI is InChI=1S/C15H26O3/c1-12-15(16,8-10-17-12)13-5-9-18-14(11-13)6-3-2-4-7-14/h12-13,16H,2-11H2,1H3. The zero-order chi connectivity index (χ0) is 12.6. The molecule has 2 saturated heterocycles. The van der Waals surface area contributed by atoms with Gasteiger partial charge in [0.25, 0.3) is 0 Å². The maximum atomic E-state index is 10.9. The van der Waals surface area contributed by atoms with Gasteiger partial charge in [0, 0.05) is 19.6 Å². The van der Waals surface area contributed by atoms with Crippen molar-refractivity contribution in [2.45, 2.75) is 75.6 Å². The maximum Gasteiger partial charge on any atom is 0.0957 e. The van der Waals surface area contributed by atoms with Crippen molar-refractivity contribution in [3.05, 3.63) is 0 Å². The van der Waals surface area contributed by atoms with Crippen LogP contribution in [0.3, 0.4) is 0 Å². The predicted molar refractivity (Wildman–Crippen MR) is 69.5 cm³/mol. The van der Waals surface area contributed by atoms with Crippen LogP contribution in [-0.4, -0.2) is 35.6 Å². The fourth-order valence-corrected chi connectivity index (χ4v) is 4.28. The number of aliphatic hydroxyl groups is 1. The van der Waals surface area contributed by atoms with Crippen molar-refractivity contribution in [1.29, 1.82) is 0 Å². The Labute approximate surface area is 110 Å². The molecule has 1 saturated carbocycles. The van der Waals surface area contributed by atoms with Crippen LogP contribution in [0, 0.1) is 5.92 Å². The molecule has 0 radical (unpaired) electrons. The lowest BCUT2D eigenvalue weighted by Gasteiger charge is -2.48. The molecule has 0 aromatic carbocycles. The Kier molecular flexibility index (Phi) is 3.41. The van der Waals surface area contributed by atoms with Gasteiger partial charge in [-0.3, -0.25) is 0 Å². The predicted octanol–water partition coefficient (Wildman–Crippen LogP) is 2.66. The molecule has 3 atom stereocenters. The molecule has 1 N–H and O–H groups in total. The molecule has 3 heteroatoms. The Morgan fingerprint density at radius 2 is 1.83 bits per heavy atom. The van der Waals surface area contributed by atoms with Crippen LogP contribution in [0.4, 0.5) is 0 Å². The highest BCUT2D eigenvalue weighted by atomic mass is 16.5. The second-order valence-electron chi connectivity index (χ2n) is 6.54. The van der Waals surface area contributed by atoms with Crippen LogP contribution in [0.1, 0.15) is 58.3 Å². The lowest BCUT2D eigenvalue weighted by Crippen LogP contribution is -2.52.